The summed E-state index contributed by atoms with van der Waals surface area (Å²) in [5.41, 5.74) is 1.48. The lowest BCUT2D eigenvalue weighted by molar-refractivity contribution is -0.0689. The maximum absolute atomic E-state index is 6.23. The van der Waals surface area contributed by atoms with E-state index < -0.39 is 0 Å². The number of piperidine rings is 1. The topological polar surface area (TPSA) is 50.3 Å². The zero-order chi connectivity index (χ0) is 16.1. The number of anilines is 1. The molecule has 128 valence electrons. The van der Waals surface area contributed by atoms with Crippen LogP contribution in [0, 0.1) is 6.92 Å². The van der Waals surface area contributed by atoms with Crippen molar-refractivity contribution < 1.29 is 4.74 Å². The van der Waals surface area contributed by atoms with Crippen LogP contribution in [0.25, 0.3) is 10.2 Å². The summed E-state index contributed by atoms with van der Waals surface area (Å²) < 4.78 is 6.23. The molecule has 2 aliphatic heterocycles. The van der Waals surface area contributed by atoms with Gasteiger partial charge in [-0.1, -0.05) is 0 Å². The summed E-state index contributed by atoms with van der Waals surface area (Å²) in [6.07, 6.45) is 6.02. The fraction of sp³-hybridized carbons (Fsp3) is 0.667. The molecule has 2 fully saturated rings. The lowest BCUT2D eigenvalue weighted by Crippen LogP contribution is -2.59. The summed E-state index contributed by atoms with van der Waals surface area (Å²) in [7, 11) is 0. The summed E-state index contributed by atoms with van der Waals surface area (Å²) in [4.78, 5) is 14.8. The third-order valence-electron chi connectivity index (χ3n) is 5.64. The van der Waals surface area contributed by atoms with Gasteiger partial charge in [0.15, 0.2) is 0 Å². The van der Waals surface area contributed by atoms with Crippen molar-refractivity contribution in [2.24, 2.45) is 0 Å². The smallest absolute Gasteiger partial charge is 0.141 e. The molecule has 1 unspecified atom stereocenters. The van der Waals surface area contributed by atoms with Gasteiger partial charge >= 0.3 is 0 Å². The number of ether oxygens (including phenoxy) is 1. The first-order valence-electron chi connectivity index (χ1n) is 9.13. The summed E-state index contributed by atoms with van der Waals surface area (Å²) in [5.74, 6) is 2.05. The molecule has 0 amide bonds. The van der Waals surface area contributed by atoms with E-state index in [1.165, 1.54) is 46.3 Å². The number of fused-ring (bicyclic) bond motifs is 3. The minimum absolute atomic E-state index is 0.0408. The fourth-order valence-corrected chi connectivity index (χ4v) is 5.83. The first kappa shape index (κ1) is 15.0. The van der Waals surface area contributed by atoms with Gasteiger partial charge in [-0.25, -0.2) is 9.97 Å². The molecule has 0 saturated carbocycles. The highest BCUT2D eigenvalue weighted by Gasteiger charge is 2.39. The zero-order valence-corrected chi connectivity index (χ0v) is 15.0. The maximum atomic E-state index is 6.23. The third kappa shape index (κ3) is 2.35. The van der Waals surface area contributed by atoms with Crippen molar-refractivity contribution in [3.63, 3.8) is 0 Å². The Morgan fingerprint density at radius 1 is 1.25 bits per heavy atom. The van der Waals surface area contributed by atoms with Crippen molar-refractivity contribution in [2.45, 2.75) is 44.6 Å². The van der Waals surface area contributed by atoms with E-state index in [0.717, 1.165) is 50.8 Å². The molecule has 5 rings (SSSR count). The number of nitrogens with zero attached hydrogens (tertiary/aromatic N) is 3. The molecule has 0 aromatic carbocycles. The van der Waals surface area contributed by atoms with E-state index in [4.69, 9.17) is 14.7 Å². The Balaban J connectivity index is 1.58. The molecule has 24 heavy (non-hydrogen) atoms. The predicted octanol–water partition coefficient (Wildman–Crippen LogP) is 2.45. The van der Waals surface area contributed by atoms with E-state index in [2.05, 4.69) is 10.2 Å². The third-order valence-corrected chi connectivity index (χ3v) is 6.82. The van der Waals surface area contributed by atoms with Crippen molar-refractivity contribution >= 4 is 27.4 Å². The van der Waals surface area contributed by atoms with Crippen LogP contribution >= 0.6 is 11.3 Å². The van der Waals surface area contributed by atoms with Gasteiger partial charge < -0.3 is 15.0 Å². The molecule has 4 heterocycles. The number of thiophene rings is 1. The number of aryl methyl sites for hydroxylation is 3. The Bertz CT molecular complexity index is 775. The van der Waals surface area contributed by atoms with E-state index in [-0.39, 0.29) is 5.60 Å². The van der Waals surface area contributed by atoms with Crippen molar-refractivity contribution in [3.8, 4) is 0 Å². The van der Waals surface area contributed by atoms with Crippen LogP contribution in [0.4, 0.5) is 5.82 Å². The van der Waals surface area contributed by atoms with Crippen LogP contribution in [0.5, 0.6) is 0 Å². The second-order valence-electron chi connectivity index (χ2n) is 7.37. The summed E-state index contributed by atoms with van der Waals surface area (Å²) >= 11 is 1.88. The summed E-state index contributed by atoms with van der Waals surface area (Å²) in [5, 5.41) is 4.85. The van der Waals surface area contributed by atoms with Crippen LogP contribution in [0.15, 0.2) is 0 Å². The van der Waals surface area contributed by atoms with Crippen LogP contribution in [-0.4, -0.2) is 48.4 Å². The average molecular weight is 344 g/mol. The molecule has 2 saturated heterocycles. The zero-order valence-electron chi connectivity index (χ0n) is 14.2. The Morgan fingerprint density at radius 3 is 3.08 bits per heavy atom. The second-order valence-corrected chi connectivity index (χ2v) is 8.45. The van der Waals surface area contributed by atoms with Gasteiger partial charge in [-0.15, -0.1) is 11.3 Å². The molecule has 2 aromatic heterocycles. The molecule has 1 N–H and O–H groups in total. The van der Waals surface area contributed by atoms with Gasteiger partial charge in [0.1, 0.15) is 16.5 Å². The molecule has 0 bridgehead atoms. The number of aromatic nitrogens is 2. The highest BCUT2D eigenvalue weighted by Crippen LogP contribution is 2.41. The lowest BCUT2D eigenvalue weighted by Gasteiger charge is -2.45. The first-order chi connectivity index (χ1) is 11.7. The van der Waals surface area contributed by atoms with Gasteiger partial charge in [-0.2, -0.15) is 0 Å². The molecule has 1 spiro atoms. The Labute approximate surface area is 146 Å². The Kier molecular flexibility index (Phi) is 3.54. The van der Waals surface area contributed by atoms with Crippen molar-refractivity contribution in [1.29, 1.82) is 0 Å². The number of nitrogens with one attached hydrogen (secondary N) is 1. The fourth-order valence-electron chi connectivity index (χ4n) is 4.53. The van der Waals surface area contributed by atoms with Gasteiger partial charge in [0.2, 0.25) is 0 Å². The van der Waals surface area contributed by atoms with E-state index in [1.54, 1.807) is 0 Å². The van der Waals surface area contributed by atoms with Crippen LogP contribution in [0.1, 0.15) is 35.5 Å². The normalized spacial score (nSPS) is 27.1. The minimum Gasteiger partial charge on any atom is -0.370 e. The first-order valence-corrected chi connectivity index (χ1v) is 9.94. The molecule has 6 heteroatoms. The van der Waals surface area contributed by atoms with Crippen LogP contribution < -0.4 is 10.2 Å². The highest BCUT2D eigenvalue weighted by molar-refractivity contribution is 7.19. The van der Waals surface area contributed by atoms with Gasteiger partial charge in [0.25, 0.3) is 0 Å². The standard InChI is InChI=1S/C18H24N4OS/c1-12-20-16(15-13-4-2-5-14(13)24-17(15)21-12)22-8-9-23-18(11-22)6-3-7-19-10-18/h19H,2-11H2,1H3. The van der Waals surface area contributed by atoms with E-state index >= 15 is 0 Å². The van der Waals surface area contributed by atoms with Crippen LogP contribution in [0.2, 0.25) is 0 Å². The molecule has 2 aromatic rings. The molecule has 1 atom stereocenters. The number of morpholine rings is 1. The van der Waals surface area contributed by atoms with E-state index in [0.29, 0.717) is 0 Å². The average Bonchev–Trinajstić information content (AvgIpc) is 3.15. The lowest BCUT2D eigenvalue weighted by atomic mass is 9.92. The molecular formula is C18H24N4OS. The minimum atomic E-state index is -0.0408. The quantitative estimate of drug-likeness (QED) is 0.861. The molecule has 1 aliphatic carbocycles. The van der Waals surface area contributed by atoms with E-state index in [9.17, 15) is 0 Å². The highest BCUT2D eigenvalue weighted by atomic mass is 32.1. The van der Waals surface area contributed by atoms with Crippen molar-refractivity contribution in [3.05, 3.63) is 16.3 Å². The van der Waals surface area contributed by atoms with Gasteiger partial charge in [-0.3, -0.25) is 0 Å². The predicted molar refractivity (Wildman–Crippen MR) is 97.2 cm³/mol. The van der Waals surface area contributed by atoms with Gasteiger partial charge in [-0.05, 0) is 51.1 Å². The SMILES string of the molecule is Cc1nc(N2CCOC3(CCCNC3)C2)c2c3c(sc2n1)CCC3. The van der Waals surface area contributed by atoms with Gasteiger partial charge in [0.05, 0.1) is 17.6 Å². The number of hydrogen-bond donors (Lipinski definition) is 1. The molecule has 5 nitrogen and oxygen atoms in total. The Hall–Kier alpha value is -1.24. The monoisotopic (exact) mass is 344 g/mol. The summed E-state index contributed by atoms with van der Waals surface area (Å²) in [6, 6.07) is 0. The number of rotatable bonds is 1. The van der Waals surface area contributed by atoms with Crippen LogP contribution in [0.3, 0.4) is 0 Å². The molecular weight excluding hydrogens is 320 g/mol. The van der Waals surface area contributed by atoms with E-state index in [1.807, 2.05) is 18.3 Å². The largest absolute Gasteiger partial charge is 0.370 e. The molecule has 3 aliphatic rings. The Morgan fingerprint density at radius 2 is 2.21 bits per heavy atom. The van der Waals surface area contributed by atoms with Crippen molar-refractivity contribution in [1.82, 2.24) is 15.3 Å². The van der Waals surface area contributed by atoms with Gasteiger partial charge in [0, 0.05) is 24.5 Å². The summed E-state index contributed by atoms with van der Waals surface area (Å²) in [6.45, 7) is 6.75. The molecule has 0 radical (unpaired) electrons. The maximum Gasteiger partial charge on any atom is 0.141 e. The second kappa shape index (κ2) is 5.64. The van der Waals surface area contributed by atoms with Crippen LogP contribution in [-0.2, 0) is 17.6 Å². The number of hydrogen-bond acceptors (Lipinski definition) is 6. The van der Waals surface area contributed by atoms with Crippen molar-refractivity contribution in [2.75, 3.05) is 37.7 Å².